The van der Waals surface area contributed by atoms with E-state index >= 15 is 0 Å². The van der Waals surface area contributed by atoms with Gasteiger partial charge in [0.25, 0.3) is 0 Å². The maximum Gasteiger partial charge on any atom is 0.241 e. The minimum Gasteiger partial charge on any atom is -0.322 e. The number of halogens is 1. The summed E-state index contributed by atoms with van der Waals surface area (Å²) in [5.41, 5.74) is 8.41. The second-order valence-electron chi connectivity index (χ2n) is 4.77. The minimum atomic E-state index is -0.489. The van der Waals surface area contributed by atoms with Crippen molar-refractivity contribution in [1.82, 2.24) is 9.78 Å². The minimum absolute atomic E-state index is 0. The van der Waals surface area contributed by atoms with E-state index in [1.807, 2.05) is 43.5 Å². The Labute approximate surface area is 141 Å². The summed E-state index contributed by atoms with van der Waals surface area (Å²) in [6, 6.07) is 9.30. The summed E-state index contributed by atoms with van der Waals surface area (Å²) < 4.78 is 1.79. The van der Waals surface area contributed by atoms with Gasteiger partial charge in [0.15, 0.2) is 0 Å². The number of carbonyl (C=O) groups is 1. The number of rotatable bonds is 6. The Morgan fingerprint density at radius 3 is 2.73 bits per heavy atom. The number of benzene rings is 1. The molecule has 2 aromatic rings. The Hall–Kier alpha value is -1.50. The van der Waals surface area contributed by atoms with Crippen molar-refractivity contribution in [1.29, 1.82) is 0 Å². The molecule has 120 valence electrons. The van der Waals surface area contributed by atoms with Crippen LogP contribution in [0.15, 0.2) is 36.5 Å². The van der Waals surface area contributed by atoms with E-state index in [1.54, 1.807) is 22.6 Å². The third-order valence-corrected chi connectivity index (χ3v) is 3.88. The number of anilines is 1. The lowest BCUT2D eigenvalue weighted by Crippen LogP contribution is -2.36. The molecule has 2 rings (SSSR count). The summed E-state index contributed by atoms with van der Waals surface area (Å²) in [6.45, 7) is 1.92. The number of nitrogens with zero attached hydrogens (tertiary/aromatic N) is 2. The molecule has 0 spiro atoms. The molecule has 1 atom stereocenters. The molecule has 0 aliphatic rings. The average Bonchev–Trinajstić information content (AvgIpc) is 2.86. The lowest BCUT2D eigenvalue weighted by atomic mass is 10.2. The summed E-state index contributed by atoms with van der Waals surface area (Å²) >= 11 is 1.68. The molecule has 0 aliphatic heterocycles. The second-order valence-corrected chi connectivity index (χ2v) is 5.75. The van der Waals surface area contributed by atoms with E-state index in [9.17, 15) is 4.79 Å². The SMILES string of the molecule is CSCCC(N)C(=O)Nc1cnn(-c2ccccc2)c1C.Cl. The molecule has 7 heteroatoms. The first-order valence-electron chi connectivity index (χ1n) is 6.79. The Kier molecular flexibility index (Phi) is 7.44. The number of carbonyl (C=O) groups excluding carboxylic acids is 1. The van der Waals surface area contributed by atoms with E-state index in [1.165, 1.54) is 0 Å². The highest BCUT2D eigenvalue weighted by molar-refractivity contribution is 7.98. The highest BCUT2D eigenvalue weighted by atomic mass is 35.5. The number of hydrogen-bond donors (Lipinski definition) is 2. The number of nitrogens with two attached hydrogens (primary N) is 1. The van der Waals surface area contributed by atoms with E-state index < -0.39 is 6.04 Å². The molecule has 22 heavy (non-hydrogen) atoms. The average molecular weight is 341 g/mol. The fourth-order valence-electron chi connectivity index (χ4n) is 1.96. The number of nitrogens with one attached hydrogen (secondary N) is 1. The van der Waals surface area contributed by atoms with Crippen LogP contribution in [0.3, 0.4) is 0 Å². The highest BCUT2D eigenvalue weighted by Crippen LogP contribution is 2.18. The van der Waals surface area contributed by atoms with Crippen LogP contribution in [0.25, 0.3) is 5.69 Å². The third kappa shape index (κ3) is 4.50. The molecule has 1 heterocycles. The Balaban J connectivity index is 0.00000242. The maximum atomic E-state index is 12.0. The van der Waals surface area contributed by atoms with Crippen LogP contribution in [0.1, 0.15) is 12.1 Å². The van der Waals surface area contributed by atoms with Gasteiger partial charge in [-0.3, -0.25) is 4.79 Å². The van der Waals surface area contributed by atoms with Gasteiger partial charge in [-0.05, 0) is 37.5 Å². The zero-order chi connectivity index (χ0) is 15.2. The van der Waals surface area contributed by atoms with Crippen LogP contribution < -0.4 is 11.1 Å². The van der Waals surface area contributed by atoms with Crippen LogP contribution in [0.4, 0.5) is 5.69 Å². The Morgan fingerprint density at radius 2 is 2.09 bits per heavy atom. The molecule has 0 radical (unpaired) electrons. The van der Waals surface area contributed by atoms with Crippen molar-refractivity contribution < 1.29 is 4.79 Å². The van der Waals surface area contributed by atoms with Gasteiger partial charge in [0.2, 0.25) is 5.91 Å². The first-order chi connectivity index (χ1) is 10.1. The summed E-state index contributed by atoms with van der Waals surface area (Å²) in [7, 11) is 0. The number of para-hydroxylation sites is 1. The highest BCUT2D eigenvalue weighted by Gasteiger charge is 2.16. The van der Waals surface area contributed by atoms with E-state index in [4.69, 9.17) is 5.73 Å². The zero-order valence-electron chi connectivity index (χ0n) is 12.7. The van der Waals surface area contributed by atoms with E-state index in [0.717, 1.165) is 17.1 Å². The molecule has 0 saturated heterocycles. The summed E-state index contributed by atoms with van der Waals surface area (Å²) in [6.07, 6.45) is 4.32. The van der Waals surface area contributed by atoms with Gasteiger partial charge in [-0.1, -0.05) is 18.2 Å². The molecule has 0 bridgehead atoms. The maximum absolute atomic E-state index is 12.0. The number of hydrogen-bond acceptors (Lipinski definition) is 4. The molecule has 0 fully saturated rings. The van der Waals surface area contributed by atoms with Crippen LogP contribution in [0, 0.1) is 6.92 Å². The van der Waals surface area contributed by atoms with Crippen LogP contribution >= 0.6 is 24.2 Å². The topological polar surface area (TPSA) is 72.9 Å². The van der Waals surface area contributed by atoms with Crippen molar-refractivity contribution in [3.63, 3.8) is 0 Å². The van der Waals surface area contributed by atoms with Gasteiger partial charge in [0.05, 0.1) is 29.3 Å². The molecule has 0 aliphatic carbocycles. The standard InChI is InChI=1S/C15H20N4OS.ClH/c1-11-14(18-15(20)13(16)8-9-21-2)10-17-19(11)12-6-4-3-5-7-12;/h3-7,10,13H,8-9,16H2,1-2H3,(H,18,20);1H. The molecule has 0 saturated carbocycles. The van der Waals surface area contributed by atoms with Crippen LogP contribution in [0.2, 0.25) is 0 Å². The molecular weight excluding hydrogens is 320 g/mol. The van der Waals surface area contributed by atoms with E-state index in [-0.39, 0.29) is 18.3 Å². The molecule has 1 unspecified atom stereocenters. The van der Waals surface area contributed by atoms with Gasteiger partial charge in [0, 0.05) is 0 Å². The van der Waals surface area contributed by atoms with Gasteiger partial charge in [-0.15, -0.1) is 12.4 Å². The summed E-state index contributed by atoms with van der Waals surface area (Å²) in [4.78, 5) is 12.0. The largest absolute Gasteiger partial charge is 0.322 e. The van der Waals surface area contributed by atoms with Crippen LogP contribution in [-0.4, -0.2) is 33.7 Å². The molecule has 3 N–H and O–H groups in total. The number of aromatic nitrogens is 2. The third-order valence-electron chi connectivity index (χ3n) is 3.24. The van der Waals surface area contributed by atoms with Crippen LogP contribution in [0.5, 0.6) is 0 Å². The van der Waals surface area contributed by atoms with Gasteiger partial charge in [-0.25, -0.2) is 4.68 Å². The molecular formula is C15H21ClN4OS. The molecule has 5 nitrogen and oxygen atoms in total. The lowest BCUT2D eigenvalue weighted by Gasteiger charge is -2.11. The van der Waals surface area contributed by atoms with Crippen LogP contribution in [-0.2, 0) is 4.79 Å². The fourth-order valence-corrected chi connectivity index (χ4v) is 2.45. The van der Waals surface area contributed by atoms with Crippen molar-refractivity contribution in [3.05, 3.63) is 42.2 Å². The smallest absolute Gasteiger partial charge is 0.241 e. The quantitative estimate of drug-likeness (QED) is 0.847. The predicted molar refractivity (Wildman–Crippen MR) is 95.2 cm³/mol. The Bertz CT molecular complexity index is 603. The van der Waals surface area contributed by atoms with Gasteiger partial charge in [0.1, 0.15) is 0 Å². The fraction of sp³-hybridized carbons (Fsp3) is 0.333. The molecule has 1 aromatic carbocycles. The summed E-state index contributed by atoms with van der Waals surface area (Å²) in [5.74, 6) is 0.705. The molecule has 1 aromatic heterocycles. The van der Waals surface area contributed by atoms with Crippen molar-refractivity contribution in [2.24, 2.45) is 5.73 Å². The van der Waals surface area contributed by atoms with Crippen molar-refractivity contribution in [2.45, 2.75) is 19.4 Å². The number of thioether (sulfide) groups is 1. The van der Waals surface area contributed by atoms with E-state index in [2.05, 4.69) is 10.4 Å². The van der Waals surface area contributed by atoms with Crippen molar-refractivity contribution >= 4 is 35.8 Å². The normalized spacial score (nSPS) is 11.6. The monoisotopic (exact) mass is 340 g/mol. The lowest BCUT2D eigenvalue weighted by molar-refractivity contribution is -0.117. The van der Waals surface area contributed by atoms with Gasteiger partial charge >= 0.3 is 0 Å². The first kappa shape index (κ1) is 18.5. The Morgan fingerprint density at radius 1 is 1.41 bits per heavy atom. The zero-order valence-corrected chi connectivity index (χ0v) is 14.3. The second kappa shape index (κ2) is 8.82. The number of amides is 1. The predicted octanol–water partition coefficient (Wildman–Crippen LogP) is 2.62. The van der Waals surface area contributed by atoms with Crippen molar-refractivity contribution in [3.8, 4) is 5.69 Å². The first-order valence-corrected chi connectivity index (χ1v) is 8.18. The van der Waals surface area contributed by atoms with Gasteiger partial charge in [-0.2, -0.15) is 16.9 Å². The van der Waals surface area contributed by atoms with E-state index in [0.29, 0.717) is 12.1 Å². The van der Waals surface area contributed by atoms with Gasteiger partial charge < -0.3 is 11.1 Å². The summed E-state index contributed by atoms with van der Waals surface area (Å²) in [5, 5.41) is 7.17. The molecule has 1 amide bonds. The van der Waals surface area contributed by atoms with Crippen molar-refractivity contribution in [2.75, 3.05) is 17.3 Å².